The summed E-state index contributed by atoms with van der Waals surface area (Å²) in [6.07, 6.45) is 62.7. The van der Waals surface area contributed by atoms with Crippen LogP contribution in [-0.4, -0.2) is 21.6 Å². The molecule has 0 aliphatic carbocycles. The van der Waals surface area contributed by atoms with Crippen LogP contribution in [0.3, 0.4) is 0 Å². The van der Waals surface area contributed by atoms with E-state index in [1.807, 2.05) is 0 Å². The molecule has 0 atom stereocenters. The van der Waals surface area contributed by atoms with Crippen molar-refractivity contribution >= 4 is 17.9 Å². The molecule has 0 aliphatic heterocycles. The number of hydrogen-bond acceptors (Lipinski definition) is 7. The summed E-state index contributed by atoms with van der Waals surface area (Å²) in [4.78, 5) is 30.6. The molecule has 0 aromatic heterocycles. The van der Waals surface area contributed by atoms with Gasteiger partial charge in [0.15, 0.2) is 0 Å². The van der Waals surface area contributed by atoms with Gasteiger partial charge in [0, 0.05) is 17.9 Å². The predicted octanol–water partition coefficient (Wildman–Crippen LogP) is 13.8. The van der Waals surface area contributed by atoms with Crippen molar-refractivity contribution in [2.45, 2.75) is 290 Å². The second kappa shape index (κ2) is 65.9. The number of allylic oxidation sites excluding steroid dienone is 6. The van der Waals surface area contributed by atoms with E-state index in [0.717, 1.165) is 78.6 Å². The molecule has 1 N–H and O–H groups in total. The fraction of sp³-hybridized carbons (Fsp3) is 0.833. The van der Waals surface area contributed by atoms with Gasteiger partial charge in [-0.3, -0.25) is 0 Å². The van der Waals surface area contributed by atoms with Gasteiger partial charge >= 0.3 is 24.5 Å². The Morgan fingerprint density at radius 2 is 0.435 bits per heavy atom. The van der Waals surface area contributed by atoms with E-state index in [-0.39, 0.29) is 19.3 Å². The van der Waals surface area contributed by atoms with Crippen LogP contribution in [0.15, 0.2) is 36.5 Å². The van der Waals surface area contributed by atoms with Gasteiger partial charge in [0.2, 0.25) is 0 Å². The number of aliphatic carboxylic acids is 3. The summed E-state index contributed by atoms with van der Waals surface area (Å²) in [7, 11) is 0. The molecule has 0 saturated heterocycles. The van der Waals surface area contributed by atoms with Crippen LogP contribution >= 0.6 is 0 Å². The number of carbonyl (C=O) groups excluding carboxylic acids is 3. The average Bonchev–Trinajstić information content (AvgIpc) is 3.26. The normalized spacial score (nSPS) is 11.0. The Morgan fingerprint density at radius 1 is 0.290 bits per heavy atom. The molecular weight excluding hydrogens is 808 g/mol. The van der Waals surface area contributed by atoms with E-state index in [1.54, 1.807) is 0 Å². The van der Waals surface area contributed by atoms with Crippen LogP contribution < -0.4 is 15.3 Å². The summed E-state index contributed by atoms with van der Waals surface area (Å²) >= 11 is 1.00. The molecule has 0 fully saturated rings. The molecule has 0 heterocycles. The Hall–Kier alpha value is -1.70. The minimum absolute atomic E-state index is 0.220. The number of carboxylic acid groups (broad SMARTS) is 3. The average molecular weight is 909 g/mol. The van der Waals surface area contributed by atoms with Gasteiger partial charge in [0.1, 0.15) is 0 Å². The molecule has 0 aliphatic rings. The first kappa shape index (κ1) is 66.9. The first-order valence-corrected chi connectivity index (χ1v) is 26.8. The number of unbranched alkanes of at least 4 members (excludes halogenated alkanes) is 33. The summed E-state index contributed by atoms with van der Waals surface area (Å²) in [6, 6.07) is 0. The molecule has 0 aromatic carbocycles. The van der Waals surface area contributed by atoms with Gasteiger partial charge in [0.25, 0.3) is 0 Å². The van der Waals surface area contributed by atoms with Crippen molar-refractivity contribution in [3.8, 4) is 0 Å². The van der Waals surface area contributed by atoms with Crippen molar-refractivity contribution in [3.05, 3.63) is 36.5 Å². The summed E-state index contributed by atoms with van der Waals surface area (Å²) in [5.41, 5.74) is 0. The van der Waals surface area contributed by atoms with Crippen LogP contribution in [0.5, 0.6) is 0 Å². The van der Waals surface area contributed by atoms with Crippen LogP contribution in [0, 0.1) is 0 Å². The second-order valence-corrected chi connectivity index (χ2v) is 17.1. The van der Waals surface area contributed by atoms with E-state index in [4.69, 9.17) is 3.69 Å². The molecule has 0 rings (SSSR count). The van der Waals surface area contributed by atoms with Gasteiger partial charge in [-0.2, -0.15) is 0 Å². The quantitative estimate of drug-likeness (QED) is 0.0364. The third-order valence-corrected chi connectivity index (χ3v) is 10.9. The number of hydrogen-bond donors (Lipinski definition) is 1. The summed E-state index contributed by atoms with van der Waals surface area (Å²) in [5.74, 6) is -2.74. The van der Waals surface area contributed by atoms with Crippen molar-refractivity contribution in [1.29, 1.82) is 0 Å². The van der Waals surface area contributed by atoms with E-state index in [0.29, 0.717) is 0 Å². The van der Waals surface area contributed by atoms with Crippen molar-refractivity contribution in [2.24, 2.45) is 0 Å². The zero-order valence-corrected chi connectivity index (χ0v) is 42.6. The van der Waals surface area contributed by atoms with Crippen LogP contribution in [0.4, 0.5) is 0 Å². The topological polar surface area (TPSA) is 141 Å². The molecular formula is C54H100O7Ti. The minimum atomic E-state index is -0.914. The Morgan fingerprint density at radius 3 is 0.597 bits per heavy atom. The van der Waals surface area contributed by atoms with Crippen LogP contribution in [-0.2, 0) is 35.2 Å². The van der Waals surface area contributed by atoms with E-state index < -0.39 is 17.9 Å². The molecule has 0 amide bonds. The molecule has 0 saturated carbocycles. The van der Waals surface area contributed by atoms with Crippen molar-refractivity contribution in [2.75, 3.05) is 0 Å². The third-order valence-electron chi connectivity index (χ3n) is 10.9. The molecule has 0 spiro atoms. The maximum absolute atomic E-state index is 10.2. The number of rotatable bonds is 45. The second-order valence-electron chi connectivity index (χ2n) is 17.1. The Balaban J connectivity index is -0.000000398. The standard InChI is InChI=1S/3C18H34O2.H2O.Ti/c3*1-2-3-4-5-6-7-8-9-10-11-12-13-14-15-16-17-18(19)20;;/h3*9-10H,2-8,11-17H2,1H3,(H,19,20);1H2;/q;;;;+4/p-4/b3*10-9-;;. The SMILES string of the molecule is CCCCCCCC/C=C\CCCCCCCC(=O)[O-].CCCCCCCC/C=C\CCCCCCCC(=O)[O-].CCCCCCCC/C=C\CCCCCCCC(=O)[O-].[OH][Ti+3]. The van der Waals surface area contributed by atoms with Gasteiger partial charge in [-0.25, -0.2) is 0 Å². The molecule has 0 radical (unpaired) electrons. The fourth-order valence-corrected chi connectivity index (χ4v) is 7.02. The van der Waals surface area contributed by atoms with Crippen molar-refractivity contribution in [1.82, 2.24) is 0 Å². The Labute approximate surface area is 397 Å². The molecule has 8 heteroatoms. The molecule has 362 valence electrons. The van der Waals surface area contributed by atoms with E-state index in [9.17, 15) is 29.7 Å². The number of carbonyl (C=O) groups is 3. The van der Waals surface area contributed by atoms with Gasteiger partial charge in [-0.1, -0.05) is 211 Å². The van der Waals surface area contributed by atoms with Crippen LogP contribution in [0.1, 0.15) is 290 Å². The van der Waals surface area contributed by atoms with Crippen molar-refractivity contribution < 1.29 is 54.2 Å². The van der Waals surface area contributed by atoms with Crippen LogP contribution in [0.25, 0.3) is 0 Å². The Bertz CT molecular complexity index is 830. The zero-order chi connectivity index (χ0) is 46.7. The monoisotopic (exact) mass is 909 g/mol. The van der Waals surface area contributed by atoms with E-state index in [1.165, 1.54) is 193 Å². The Kier molecular flexibility index (Phi) is 71.1. The predicted molar refractivity (Wildman–Crippen MR) is 256 cm³/mol. The first-order valence-electron chi connectivity index (χ1n) is 26.1. The fourth-order valence-electron chi connectivity index (χ4n) is 7.02. The molecule has 7 nitrogen and oxygen atoms in total. The summed E-state index contributed by atoms with van der Waals surface area (Å²) < 4.78 is 7.00. The van der Waals surface area contributed by atoms with Gasteiger partial charge in [0.05, 0.1) is 0 Å². The van der Waals surface area contributed by atoms with E-state index >= 15 is 0 Å². The van der Waals surface area contributed by atoms with Gasteiger partial charge in [-0.05, 0) is 116 Å². The summed E-state index contributed by atoms with van der Waals surface area (Å²) in [5, 5.41) is 30.6. The van der Waals surface area contributed by atoms with Gasteiger partial charge < -0.3 is 29.7 Å². The third kappa shape index (κ3) is 78.8. The van der Waals surface area contributed by atoms with Crippen LogP contribution in [0.2, 0.25) is 0 Å². The molecule has 0 aromatic rings. The molecule has 0 bridgehead atoms. The van der Waals surface area contributed by atoms with Crippen molar-refractivity contribution in [3.63, 3.8) is 0 Å². The molecule has 0 unspecified atom stereocenters. The molecule has 62 heavy (non-hydrogen) atoms. The zero-order valence-electron chi connectivity index (χ0n) is 41.1. The summed E-state index contributed by atoms with van der Waals surface area (Å²) in [6.45, 7) is 6.77. The number of carboxylic acids is 3. The maximum atomic E-state index is 10.2. The first-order chi connectivity index (χ1) is 30.3. The van der Waals surface area contributed by atoms with Gasteiger partial charge in [-0.15, -0.1) is 0 Å². The van der Waals surface area contributed by atoms with E-state index in [2.05, 4.69) is 57.2 Å².